The Bertz CT molecular complexity index is 660. The maximum Gasteiger partial charge on any atom is 0.171 e. The molecule has 1 heterocycles. The zero-order valence-corrected chi connectivity index (χ0v) is 10.7. The molecule has 0 saturated carbocycles. The smallest absolute Gasteiger partial charge is 0.171 e. The van der Waals surface area contributed by atoms with Gasteiger partial charge in [0.15, 0.2) is 5.11 Å². The van der Waals surface area contributed by atoms with Crippen molar-refractivity contribution in [2.24, 2.45) is 0 Å². The van der Waals surface area contributed by atoms with Crippen molar-refractivity contribution < 1.29 is 9.50 Å². The minimum absolute atomic E-state index is 0.140. The minimum Gasteiger partial charge on any atom is -0.508 e. The van der Waals surface area contributed by atoms with Gasteiger partial charge in [-0.25, -0.2) is 4.39 Å². The highest BCUT2D eigenvalue weighted by Crippen LogP contribution is 2.34. The SMILES string of the molecule is Oc1cccc(C2NC(=S)Nc3cccc(F)c32)c1. The van der Waals surface area contributed by atoms with Gasteiger partial charge in [-0.2, -0.15) is 0 Å². The summed E-state index contributed by atoms with van der Waals surface area (Å²) in [6.07, 6.45) is 0. The number of phenols is 1. The van der Waals surface area contributed by atoms with Crippen molar-refractivity contribution in [1.82, 2.24) is 5.32 Å². The fourth-order valence-corrected chi connectivity index (χ4v) is 2.48. The van der Waals surface area contributed by atoms with Gasteiger partial charge in [0.2, 0.25) is 0 Å². The van der Waals surface area contributed by atoms with E-state index in [-0.39, 0.29) is 11.6 Å². The van der Waals surface area contributed by atoms with Gasteiger partial charge in [-0.1, -0.05) is 18.2 Å². The Hall–Kier alpha value is -2.14. The average Bonchev–Trinajstić information content (AvgIpc) is 2.37. The van der Waals surface area contributed by atoms with E-state index in [0.29, 0.717) is 16.4 Å². The molecular weight excluding hydrogens is 263 g/mol. The maximum absolute atomic E-state index is 14.0. The number of rotatable bonds is 1. The molecule has 0 spiro atoms. The Kier molecular flexibility index (Phi) is 2.83. The zero-order chi connectivity index (χ0) is 13.4. The first kappa shape index (κ1) is 11.9. The summed E-state index contributed by atoms with van der Waals surface area (Å²) >= 11 is 5.13. The Morgan fingerprint density at radius 1 is 1.16 bits per heavy atom. The van der Waals surface area contributed by atoms with E-state index in [1.165, 1.54) is 6.07 Å². The van der Waals surface area contributed by atoms with Crippen LogP contribution in [0.1, 0.15) is 17.2 Å². The molecule has 0 amide bonds. The molecule has 5 heteroatoms. The molecule has 0 aliphatic carbocycles. The predicted molar refractivity (Wildman–Crippen MR) is 75.7 cm³/mol. The second-order valence-electron chi connectivity index (χ2n) is 4.33. The van der Waals surface area contributed by atoms with E-state index in [0.717, 1.165) is 5.56 Å². The number of fused-ring (bicyclic) bond motifs is 1. The predicted octanol–water partition coefficient (Wildman–Crippen LogP) is 2.92. The maximum atomic E-state index is 14.0. The van der Waals surface area contributed by atoms with E-state index in [4.69, 9.17) is 12.2 Å². The fraction of sp³-hybridized carbons (Fsp3) is 0.0714. The number of hydrogen-bond donors (Lipinski definition) is 3. The van der Waals surface area contributed by atoms with Crippen LogP contribution in [0.4, 0.5) is 10.1 Å². The lowest BCUT2D eigenvalue weighted by Gasteiger charge is -2.29. The first-order valence-corrected chi connectivity index (χ1v) is 6.21. The van der Waals surface area contributed by atoms with Crippen LogP contribution < -0.4 is 10.6 Å². The summed E-state index contributed by atoms with van der Waals surface area (Å²) in [6, 6.07) is 11.1. The molecule has 1 unspecified atom stereocenters. The van der Waals surface area contributed by atoms with Crippen molar-refractivity contribution in [3.05, 3.63) is 59.4 Å². The highest BCUT2D eigenvalue weighted by Gasteiger charge is 2.26. The van der Waals surface area contributed by atoms with E-state index in [9.17, 15) is 9.50 Å². The lowest BCUT2D eigenvalue weighted by molar-refractivity contribution is 0.473. The number of anilines is 1. The molecule has 19 heavy (non-hydrogen) atoms. The minimum atomic E-state index is -0.406. The van der Waals surface area contributed by atoms with Gasteiger partial charge >= 0.3 is 0 Å². The zero-order valence-electron chi connectivity index (χ0n) is 9.85. The van der Waals surface area contributed by atoms with Gasteiger partial charge < -0.3 is 15.7 Å². The summed E-state index contributed by atoms with van der Waals surface area (Å²) in [4.78, 5) is 0. The molecule has 96 valence electrons. The first-order valence-electron chi connectivity index (χ1n) is 5.80. The Morgan fingerprint density at radius 3 is 2.74 bits per heavy atom. The van der Waals surface area contributed by atoms with Crippen molar-refractivity contribution >= 4 is 23.0 Å². The molecule has 1 aliphatic heterocycles. The van der Waals surface area contributed by atoms with Crippen LogP contribution in [0.25, 0.3) is 0 Å². The van der Waals surface area contributed by atoms with E-state index in [1.807, 2.05) is 6.07 Å². The van der Waals surface area contributed by atoms with Gasteiger partial charge in [-0.05, 0) is 42.0 Å². The van der Waals surface area contributed by atoms with Crippen LogP contribution in [0, 0.1) is 5.82 Å². The van der Waals surface area contributed by atoms with Gasteiger partial charge in [-0.3, -0.25) is 0 Å². The normalized spacial score (nSPS) is 17.3. The second kappa shape index (κ2) is 4.51. The monoisotopic (exact) mass is 274 g/mol. The molecular formula is C14H11FN2OS. The quantitative estimate of drug-likeness (QED) is 0.700. The van der Waals surface area contributed by atoms with Crippen LogP contribution in [-0.4, -0.2) is 10.2 Å². The molecule has 3 nitrogen and oxygen atoms in total. The van der Waals surface area contributed by atoms with Gasteiger partial charge in [0, 0.05) is 11.3 Å². The standard InChI is InChI=1S/C14H11FN2OS/c15-10-5-2-6-11-12(10)13(17-14(19)16-11)8-3-1-4-9(18)7-8/h1-7,13,18H,(H2,16,17,19). The van der Waals surface area contributed by atoms with Crippen LogP contribution in [0.3, 0.4) is 0 Å². The number of thiocarbonyl (C=S) groups is 1. The van der Waals surface area contributed by atoms with E-state index in [2.05, 4.69) is 10.6 Å². The van der Waals surface area contributed by atoms with Gasteiger partial charge in [0.25, 0.3) is 0 Å². The number of hydrogen-bond acceptors (Lipinski definition) is 2. The van der Waals surface area contributed by atoms with Crippen molar-refractivity contribution in [1.29, 1.82) is 0 Å². The highest BCUT2D eigenvalue weighted by molar-refractivity contribution is 7.80. The lowest BCUT2D eigenvalue weighted by atomic mass is 9.95. The van der Waals surface area contributed by atoms with Gasteiger partial charge in [-0.15, -0.1) is 0 Å². The first-order chi connectivity index (χ1) is 9.15. The third-order valence-electron chi connectivity index (χ3n) is 3.07. The van der Waals surface area contributed by atoms with Gasteiger partial charge in [0.05, 0.1) is 6.04 Å². The summed E-state index contributed by atoms with van der Waals surface area (Å²) < 4.78 is 14.0. The van der Waals surface area contributed by atoms with E-state index >= 15 is 0 Å². The molecule has 3 rings (SSSR count). The number of halogens is 1. The number of benzene rings is 2. The largest absolute Gasteiger partial charge is 0.508 e. The van der Waals surface area contributed by atoms with Crippen LogP contribution in [-0.2, 0) is 0 Å². The Morgan fingerprint density at radius 2 is 1.95 bits per heavy atom. The summed E-state index contributed by atoms with van der Waals surface area (Å²) in [5, 5.41) is 16.0. The van der Waals surface area contributed by atoms with Crippen LogP contribution >= 0.6 is 12.2 Å². The number of aromatic hydroxyl groups is 1. The lowest BCUT2D eigenvalue weighted by Crippen LogP contribution is -2.38. The van der Waals surface area contributed by atoms with Crippen molar-refractivity contribution in [2.75, 3.05) is 5.32 Å². The molecule has 0 saturated heterocycles. The molecule has 0 radical (unpaired) electrons. The van der Waals surface area contributed by atoms with Crippen LogP contribution in [0.15, 0.2) is 42.5 Å². The number of nitrogens with one attached hydrogen (secondary N) is 2. The third-order valence-corrected chi connectivity index (χ3v) is 3.29. The molecule has 0 fully saturated rings. The molecule has 1 aliphatic rings. The molecule has 0 aromatic heterocycles. The topological polar surface area (TPSA) is 44.3 Å². The summed E-state index contributed by atoms with van der Waals surface area (Å²) in [5.41, 5.74) is 1.91. The van der Waals surface area contributed by atoms with Crippen molar-refractivity contribution in [2.45, 2.75) is 6.04 Å². The third kappa shape index (κ3) is 2.13. The molecule has 0 bridgehead atoms. The summed E-state index contributed by atoms with van der Waals surface area (Å²) in [6.45, 7) is 0. The van der Waals surface area contributed by atoms with Crippen LogP contribution in [0.5, 0.6) is 5.75 Å². The molecule has 1 atom stereocenters. The van der Waals surface area contributed by atoms with E-state index in [1.54, 1.807) is 30.3 Å². The van der Waals surface area contributed by atoms with Crippen LogP contribution in [0.2, 0.25) is 0 Å². The van der Waals surface area contributed by atoms with E-state index < -0.39 is 6.04 Å². The molecule has 2 aromatic rings. The van der Waals surface area contributed by atoms with Crippen molar-refractivity contribution in [3.63, 3.8) is 0 Å². The summed E-state index contributed by atoms with van der Waals surface area (Å²) in [7, 11) is 0. The fourth-order valence-electron chi connectivity index (χ4n) is 2.26. The highest BCUT2D eigenvalue weighted by atomic mass is 32.1. The Labute approximate surface area is 115 Å². The second-order valence-corrected chi connectivity index (χ2v) is 4.74. The Balaban J connectivity index is 2.16. The van der Waals surface area contributed by atoms with Gasteiger partial charge in [0.1, 0.15) is 11.6 Å². The van der Waals surface area contributed by atoms with Crippen molar-refractivity contribution in [3.8, 4) is 5.75 Å². The number of phenolic OH excluding ortho intramolecular Hbond substituents is 1. The molecule has 3 N–H and O–H groups in total. The molecule has 2 aromatic carbocycles. The summed E-state index contributed by atoms with van der Waals surface area (Å²) in [5.74, 6) is -0.171. The average molecular weight is 274 g/mol.